The number of hydrogen-bond donors (Lipinski definition) is 1. The van der Waals surface area contributed by atoms with Crippen molar-refractivity contribution in [3.8, 4) is 0 Å². The molecule has 1 heterocycles. The number of fused-ring (bicyclic) bond motifs is 3. The fraction of sp³-hybridized carbons (Fsp3) is 0.300. The summed E-state index contributed by atoms with van der Waals surface area (Å²) in [5.41, 5.74) is 4.95. The topological polar surface area (TPSA) is 55.2 Å². The molecule has 4 rings (SSSR count). The lowest BCUT2D eigenvalue weighted by atomic mass is 9.74. The summed E-state index contributed by atoms with van der Waals surface area (Å²) in [4.78, 5) is 11.4. The summed E-state index contributed by atoms with van der Waals surface area (Å²) in [7, 11) is 0. The van der Waals surface area contributed by atoms with E-state index in [1.165, 1.54) is 0 Å². The summed E-state index contributed by atoms with van der Waals surface area (Å²) in [6.45, 7) is 4.00. The molecule has 5 heteroatoms. The van der Waals surface area contributed by atoms with Crippen LogP contribution in [0, 0.1) is 29.9 Å². The summed E-state index contributed by atoms with van der Waals surface area (Å²) in [6.07, 6.45) is 5.32. The maximum Gasteiger partial charge on any atom is 0.292 e. The molecule has 2 aromatic rings. The molecule has 3 atom stereocenters. The van der Waals surface area contributed by atoms with Gasteiger partial charge in [-0.2, -0.15) is 0 Å². The molecule has 25 heavy (non-hydrogen) atoms. The molecule has 1 N–H and O–H groups in total. The van der Waals surface area contributed by atoms with Gasteiger partial charge < -0.3 is 5.32 Å². The SMILES string of the molecule is Cc1cc([N+](=O)[O-])c2c(c1C)[C@@H]1C=CC[C@@H]1[C@@H](c1ccccc1Cl)N2. The molecule has 0 bridgehead atoms. The van der Waals surface area contributed by atoms with Gasteiger partial charge >= 0.3 is 0 Å². The summed E-state index contributed by atoms with van der Waals surface area (Å²) < 4.78 is 0. The van der Waals surface area contributed by atoms with Crippen molar-refractivity contribution in [3.63, 3.8) is 0 Å². The van der Waals surface area contributed by atoms with Crippen molar-refractivity contribution in [2.24, 2.45) is 5.92 Å². The lowest BCUT2D eigenvalue weighted by Crippen LogP contribution is -2.30. The maximum absolute atomic E-state index is 11.7. The van der Waals surface area contributed by atoms with Crippen LogP contribution in [0.15, 0.2) is 42.5 Å². The Labute approximate surface area is 151 Å². The van der Waals surface area contributed by atoms with Crippen LogP contribution in [0.25, 0.3) is 0 Å². The maximum atomic E-state index is 11.7. The van der Waals surface area contributed by atoms with Gasteiger partial charge in [-0.05, 0) is 54.5 Å². The zero-order chi connectivity index (χ0) is 17.7. The molecule has 0 unspecified atom stereocenters. The molecule has 0 saturated carbocycles. The zero-order valence-electron chi connectivity index (χ0n) is 14.1. The molecule has 2 aliphatic rings. The van der Waals surface area contributed by atoms with Gasteiger partial charge in [-0.25, -0.2) is 0 Å². The third kappa shape index (κ3) is 2.44. The molecule has 2 aromatic carbocycles. The highest BCUT2D eigenvalue weighted by Gasteiger charge is 2.42. The fourth-order valence-electron chi connectivity index (χ4n) is 4.26. The van der Waals surface area contributed by atoms with Gasteiger partial charge in [0.25, 0.3) is 5.69 Å². The summed E-state index contributed by atoms with van der Waals surface area (Å²) >= 11 is 6.44. The molecule has 0 spiro atoms. The number of nitro groups is 1. The lowest BCUT2D eigenvalue weighted by molar-refractivity contribution is -0.384. The van der Waals surface area contributed by atoms with Crippen LogP contribution in [0.5, 0.6) is 0 Å². The molecular formula is C20H19ClN2O2. The first kappa shape index (κ1) is 16.2. The summed E-state index contributed by atoms with van der Waals surface area (Å²) in [6, 6.07) is 9.38. The van der Waals surface area contributed by atoms with Crippen LogP contribution in [0.1, 0.15) is 40.6 Å². The van der Waals surface area contributed by atoms with Gasteiger partial charge in [0.2, 0.25) is 0 Å². The Balaban J connectivity index is 1.94. The highest BCUT2D eigenvalue weighted by Crippen LogP contribution is 2.54. The van der Waals surface area contributed by atoms with E-state index in [1.54, 1.807) is 6.07 Å². The summed E-state index contributed by atoms with van der Waals surface area (Å²) in [5, 5.41) is 15.8. The van der Waals surface area contributed by atoms with E-state index in [9.17, 15) is 10.1 Å². The van der Waals surface area contributed by atoms with Gasteiger partial charge in [0.15, 0.2) is 0 Å². The van der Waals surface area contributed by atoms with E-state index in [0.717, 1.165) is 28.7 Å². The lowest BCUT2D eigenvalue weighted by Gasteiger charge is -2.38. The quantitative estimate of drug-likeness (QED) is 0.428. The van der Waals surface area contributed by atoms with Gasteiger partial charge in [-0.15, -0.1) is 0 Å². The van der Waals surface area contributed by atoms with E-state index >= 15 is 0 Å². The number of benzene rings is 2. The van der Waals surface area contributed by atoms with E-state index in [-0.39, 0.29) is 22.6 Å². The first-order chi connectivity index (χ1) is 12.0. The second-order valence-electron chi connectivity index (χ2n) is 6.88. The molecule has 0 aromatic heterocycles. The highest BCUT2D eigenvalue weighted by atomic mass is 35.5. The van der Waals surface area contributed by atoms with Crippen molar-refractivity contribution < 1.29 is 4.92 Å². The average molecular weight is 355 g/mol. The van der Waals surface area contributed by atoms with E-state index in [1.807, 2.05) is 31.2 Å². The predicted octanol–water partition coefficient (Wildman–Crippen LogP) is 5.69. The molecule has 0 fully saturated rings. The number of rotatable bonds is 2. The average Bonchev–Trinajstić information content (AvgIpc) is 3.07. The Hall–Kier alpha value is -2.33. The first-order valence-electron chi connectivity index (χ1n) is 8.45. The monoisotopic (exact) mass is 354 g/mol. The second-order valence-corrected chi connectivity index (χ2v) is 7.29. The van der Waals surface area contributed by atoms with Crippen molar-refractivity contribution in [1.29, 1.82) is 0 Å². The predicted molar refractivity (Wildman–Crippen MR) is 100 cm³/mol. The number of anilines is 1. The third-order valence-corrected chi connectivity index (χ3v) is 5.93. The molecule has 0 amide bonds. The largest absolute Gasteiger partial charge is 0.372 e. The van der Waals surface area contributed by atoms with Crippen LogP contribution < -0.4 is 5.32 Å². The Morgan fingerprint density at radius 3 is 2.76 bits per heavy atom. The Bertz CT molecular complexity index is 907. The van der Waals surface area contributed by atoms with Crippen molar-refractivity contribution in [2.75, 3.05) is 5.32 Å². The van der Waals surface area contributed by atoms with E-state index in [0.29, 0.717) is 16.6 Å². The van der Waals surface area contributed by atoms with E-state index in [4.69, 9.17) is 11.6 Å². The molecule has 0 radical (unpaired) electrons. The minimum Gasteiger partial charge on any atom is -0.372 e. The number of nitro benzene ring substituents is 1. The van der Waals surface area contributed by atoms with Gasteiger partial charge in [0.05, 0.1) is 11.0 Å². The first-order valence-corrected chi connectivity index (χ1v) is 8.83. The van der Waals surface area contributed by atoms with Crippen molar-refractivity contribution in [3.05, 3.63) is 79.9 Å². The molecule has 128 valence electrons. The summed E-state index contributed by atoms with van der Waals surface area (Å²) in [5.74, 6) is 0.489. The van der Waals surface area contributed by atoms with Crippen LogP contribution in [0.3, 0.4) is 0 Å². The Morgan fingerprint density at radius 1 is 1.28 bits per heavy atom. The Morgan fingerprint density at radius 2 is 2.04 bits per heavy atom. The van der Waals surface area contributed by atoms with Gasteiger partial charge in [-0.1, -0.05) is 42.0 Å². The fourth-order valence-corrected chi connectivity index (χ4v) is 4.51. The van der Waals surface area contributed by atoms with Crippen LogP contribution in [-0.2, 0) is 0 Å². The van der Waals surface area contributed by atoms with Crippen molar-refractivity contribution in [1.82, 2.24) is 0 Å². The molecule has 0 saturated heterocycles. The standard InChI is InChI=1S/C20H19ClN2O2/c1-11-10-17(23(24)25)20-18(12(11)2)13-7-5-8-14(13)19(22-20)15-6-3-4-9-16(15)21/h3-7,9-10,13-14,19,22H,8H2,1-2H3/t13-,14+,19+/m1/s1. The number of nitrogens with one attached hydrogen (secondary N) is 1. The van der Waals surface area contributed by atoms with Crippen LogP contribution in [-0.4, -0.2) is 4.92 Å². The van der Waals surface area contributed by atoms with Crippen LogP contribution in [0.4, 0.5) is 11.4 Å². The van der Waals surface area contributed by atoms with Gasteiger partial charge in [0, 0.05) is 17.0 Å². The van der Waals surface area contributed by atoms with Crippen LogP contribution >= 0.6 is 11.6 Å². The molecule has 1 aliphatic heterocycles. The zero-order valence-corrected chi connectivity index (χ0v) is 14.9. The number of nitrogens with zero attached hydrogens (tertiary/aromatic N) is 1. The normalized spacial score (nSPS) is 23.7. The van der Waals surface area contributed by atoms with Gasteiger partial charge in [0.1, 0.15) is 5.69 Å². The number of hydrogen-bond acceptors (Lipinski definition) is 3. The van der Waals surface area contributed by atoms with Gasteiger partial charge in [-0.3, -0.25) is 10.1 Å². The Kier molecular flexibility index (Phi) is 3.80. The second kappa shape index (κ2) is 5.88. The van der Waals surface area contributed by atoms with Crippen molar-refractivity contribution in [2.45, 2.75) is 32.2 Å². The van der Waals surface area contributed by atoms with E-state index < -0.39 is 0 Å². The van der Waals surface area contributed by atoms with Crippen molar-refractivity contribution >= 4 is 23.0 Å². The number of allylic oxidation sites excluding steroid dienone is 2. The molecular weight excluding hydrogens is 336 g/mol. The minimum absolute atomic E-state index is 0.0398. The molecule has 4 nitrogen and oxygen atoms in total. The van der Waals surface area contributed by atoms with E-state index in [2.05, 4.69) is 24.4 Å². The molecule has 1 aliphatic carbocycles. The third-order valence-electron chi connectivity index (χ3n) is 5.59. The minimum atomic E-state index is -0.291. The number of halogens is 1. The highest BCUT2D eigenvalue weighted by molar-refractivity contribution is 6.31. The van der Waals surface area contributed by atoms with Crippen LogP contribution in [0.2, 0.25) is 5.02 Å². The smallest absolute Gasteiger partial charge is 0.292 e. The number of aryl methyl sites for hydroxylation is 1.